The molecule has 0 saturated heterocycles. The number of para-hydroxylation sites is 1. The van der Waals surface area contributed by atoms with Crippen LogP contribution in [0.2, 0.25) is 0 Å². The van der Waals surface area contributed by atoms with Crippen LogP contribution in [0.5, 0.6) is 5.75 Å². The van der Waals surface area contributed by atoms with Crippen molar-refractivity contribution in [3.8, 4) is 11.8 Å². The van der Waals surface area contributed by atoms with Gasteiger partial charge in [-0.15, -0.1) is 0 Å². The first kappa shape index (κ1) is 12.6. The Morgan fingerprint density at radius 1 is 1.53 bits per heavy atom. The lowest BCUT2D eigenvalue weighted by Gasteiger charge is -2.11. The number of methoxy groups -OCH3 is 1. The number of nitriles is 1. The maximum atomic E-state index is 12.1. The first-order valence-electron chi connectivity index (χ1n) is 5.55. The Balaban J connectivity index is 2.36. The zero-order valence-electron chi connectivity index (χ0n) is 10.5. The fourth-order valence-electron chi connectivity index (χ4n) is 1.68. The third-order valence-electron chi connectivity index (χ3n) is 2.68. The maximum absolute atomic E-state index is 12.1. The van der Waals surface area contributed by atoms with E-state index >= 15 is 0 Å². The van der Waals surface area contributed by atoms with Gasteiger partial charge in [0.05, 0.1) is 24.4 Å². The van der Waals surface area contributed by atoms with Crippen LogP contribution in [0.15, 0.2) is 24.4 Å². The summed E-state index contributed by atoms with van der Waals surface area (Å²) in [5, 5.41) is 18.2. The van der Waals surface area contributed by atoms with E-state index in [4.69, 9.17) is 10.00 Å². The lowest BCUT2D eigenvalue weighted by Crippen LogP contribution is -2.14. The normalized spacial score (nSPS) is 9.74. The number of hydrogen-bond acceptors (Lipinski definition) is 4. The molecule has 2 rings (SSSR count). The van der Waals surface area contributed by atoms with E-state index in [-0.39, 0.29) is 5.91 Å². The number of aryl methyl sites for hydroxylation is 1. The molecule has 6 heteroatoms. The number of ether oxygens (including phenoxy) is 1. The SMILES string of the molecule is COc1cccc(C#N)c1NC(=O)c1cn[nH]c1C. The maximum Gasteiger partial charge on any atom is 0.259 e. The highest BCUT2D eigenvalue weighted by Crippen LogP contribution is 2.28. The van der Waals surface area contributed by atoms with Crippen molar-refractivity contribution in [1.29, 1.82) is 5.26 Å². The van der Waals surface area contributed by atoms with Crippen LogP contribution >= 0.6 is 0 Å². The Morgan fingerprint density at radius 2 is 2.32 bits per heavy atom. The first-order valence-corrected chi connectivity index (χ1v) is 5.55. The number of aromatic amines is 1. The van der Waals surface area contributed by atoms with Gasteiger partial charge in [0.25, 0.3) is 5.91 Å². The van der Waals surface area contributed by atoms with Gasteiger partial charge in [-0.05, 0) is 19.1 Å². The predicted molar refractivity (Wildman–Crippen MR) is 69.0 cm³/mol. The van der Waals surface area contributed by atoms with E-state index in [0.29, 0.717) is 28.3 Å². The van der Waals surface area contributed by atoms with Crippen molar-refractivity contribution in [3.63, 3.8) is 0 Å². The Kier molecular flexibility index (Phi) is 3.48. The van der Waals surface area contributed by atoms with Crippen molar-refractivity contribution < 1.29 is 9.53 Å². The number of carbonyl (C=O) groups excluding carboxylic acids is 1. The fourth-order valence-corrected chi connectivity index (χ4v) is 1.68. The second kappa shape index (κ2) is 5.23. The van der Waals surface area contributed by atoms with E-state index in [1.807, 2.05) is 6.07 Å². The van der Waals surface area contributed by atoms with Gasteiger partial charge in [-0.1, -0.05) is 6.07 Å². The van der Waals surface area contributed by atoms with Crippen LogP contribution in [0, 0.1) is 18.3 Å². The molecule has 0 aliphatic carbocycles. The molecule has 0 bridgehead atoms. The molecule has 0 fully saturated rings. The van der Waals surface area contributed by atoms with Crippen molar-refractivity contribution in [2.24, 2.45) is 0 Å². The smallest absolute Gasteiger partial charge is 0.259 e. The van der Waals surface area contributed by atoms with E-state index in [9.17, 15) is 4.79 Å². The van der Waals surface area contributed by atoms with Crippen LogP contribution in [0.1, 0.15) is 21.6 Å². The lowest BCUT2D eigenvalue weighted by molar-refractivity contribution is 0.102. The zero-order chi connectivity index (χ0) is 13.8. The van der Waals surface area contributed by atoms with Crippen LogP contribution in [0.4, 0.5) is 5.69 Å². The number of benzene rings is 1. The molecule has 0 unspecified atom stereocenters. The molecule has 0 radical (unpaired) electrons. The molecule has 1 aromatic carbocycles. The number of nitrogens with zero attached hydrogens (tertiary/aromatic N) is 2. The summed E-state index contributed by atoms with van der Waals surface area (Å²) in [6, 6.07) is 7.00. The number of carbonyl (C=O) groups is 1. The molecule has 6 nitrogen and oxygen atoms in total. The highest BCUT2D eigenvalue weighted by molar-refractivity contribution is 6.06. The van der Waals surface area contributed by atoms with Crippen LogP contribution in [0.3, 0.4) is 0 Å². The topological polar surface area (TPSA) is 90.8 Å². The second-order valence-corrected chi connectivity index (χ2v) is 3.86. The van der Waals surface area contributed by atoms with E-state index in [2.05, 4.69) is 15.5 Å². The average molecular weight is 256 g/mol. The number of nitrogens with one attached hydrogen (secondary N) is 2. The number of amides is 1. The van der Waals surface area contributed by atoms with Gasteiger partial charge in [0.2, 0.25) is 0 Å². The highest BCUT2D eigenvalue weighted by atomic mass is 16.5. The minimum Gasteiger partial charge on any atom is -0.495 e. The lowest BCUT2D eigenvalue weighted by atomic mass is 10.1. The number of aromatic nitrogens is 2. The van der Waals surface area contributed by atoms with Gasteiger partial charge in [0.1, 0.15) is 17.5 Å². The number of hydrogen-bond donors (Lipinski definition) is 2. The summed E-state index contributed by atoms with van der Waals surface area (Å²) in [6.07, 6.45) is 1.44. The summed E-state index contributed by atoms with van der Waals surface area (Å²) in [4.78, 5) is 12.1. The molecular formula is C13H12N4O2. The highest BCUT2D eigenvalue weighted by Gasteiger charge is 2.16. The predicted octanol–water partition coefficient (Wildman–Crippen LogP) is 1.85. The molecule has 0 saturated carbocycles. The minimum atomic E-state index is -0.341. The molecule has 0 aliphatic heterocycles. The molecular weight excluding hydrogens is 244 g/mol. The van der Waals surface area contributed by atoms with Gasteiger partial charge >= 0.3 is 0 Å². The molecule has 96 valence electrons. The second-order valence-electron chi connectivity index (χ2n) is 3.86. The molecule has 0 spiro atoms. The van der Waals surface area contributed by atoms with Crippen molar-refractivity contribution in [3.05, 3.63) is 41.2 Å². The quantitative estimate of drug-likeness (QED) is 0.876. The number of H-pyrrole nitrogens is 1. The van der Waals surface area contributed by atoms with Crippen molar-refractivity contribution in [2.45, 2.75) is 6.92 Å². The van der Waals surface area contributed by atoms with Gasteiger partial charge in [0, 0.05) is 5.69 Å². The molecule has 1 heterocycles. The van der Waals surface area contributed by atoms with Gasteiger partial charge in [0.15, 0.2) is 0 Å². The van der Waals surface area contributed by atoms with Gasteiger partial charge in [-0.3, -0.25) is 9.89 Å². The monoisotopic (exact) mass is 256 g/mol. The van der Waals surface area contributed by atoms with Crippen LogP contribution in [-0.4, -0.2) is 23.2 Å². The van der Waals surface area contributed by atoms with E-state index < -0.39 is 0 Å². The minimum absolute atomic E-state index is 0.341. The molecule has 1 aromatic heterocycles. The molecule has 0 atom stereocenters. The van der Waals surface area contributed by atoms with Crippen molar-refractivity contribution in [1.82, 2.24) is 10.2 Å². The summed E-state index contributed by atoms with van der Waals surface area (Å²) >= 11 is 0. The summed E-state index contributed by atoms with van der Waals surface area (Å²) in [5.74, 6) is 0.0980. The van der Waals surface area contributed by atoms with Crippen molar-refractivity contribution in [2.75, 3.05) is 12.4 Å². The standard InChI is InChI=1S/C13H12N4O2/c1-8-10(7-15-17-8)13(18)16-12-9(6-14)4-3-5-11(12)19-2/h3-5,7H,1-2H3,(H,15,17)(H,16,18). The first-order chi connectivity index (χ1) is 9.17. The van der Waals surface area contributed by atoms with E-state index in [1.165, 1.54) is 13.3 Å². The van der Waals surface area contributed by atoms with Gasteiger partial charge < -0.3 is 10.1 Å². The molecule has 2 N–H and O–H groups in total. The summed E-state index contributed by atoms with van der Waals surface area (Å²) in [7, 11) is 1.48. The summed E-state index contributed by atoms with van der Waals surface area (Å²) in [5.41, 5.74) is 1.78. The third-order valence-corrected chi connectivity index (χ3v) is 2.68. The molecule has 1 amide bonds. The summed E-state index contributed by atoms with van der Waals surface area (Å²) in [6.45, 7) is 1.75. The van der Waals surface area contributed by atoms with E-state index in [0.717, 1.165) is 0 Å². The average Bonchev–Trinajstić information content (AvgIpc) is 2.85. The number of rotatable bonds is 3. The van der Waals surface area contributed by atoms with Gasteiger partial charge in [-0.2, -0.15) is 10.4 Å². The number of anilines is 1. The Hall–Kier alpha value is -2.81. The van der Waals surface area contributed by atoms with Crippen LogP contribution in [-0.2, 0) is 0 Å². The Morgan fingerprint density at radius 3 is 2.89 bits per heavy atom. The molecule has 2 aromatic rings. The Bertz CT molecular complexity index is 655. The van der Waals surface area contributed by atoms with Gasteiger partial charge in [-0.25, -0.2) is 0 Å². The Labute approximate surface area is 110 Å². The van der Waals surface area contributed by atoms with Crippen molar-refractivity contribution >= 4 is 11.6 Å². The third kappa shape index (κ3) is 2.40. The zero-order valence-corrected chi connectivity index (χ0v) is 10.5. The van der Waals surface area contributed by atoms with E-state index in [1.54, 1.807) is 25.1 Å². The largest absolute Gasteiger partial charge is 0.495 e. The molecule has 19 heavy (non-hydrogen) atoms. The van der Waals surface area contributed by atoms with Crippen LogP contribution in [0.25, 0.3) is 0 Å². The van der Waals surface area contributed by atoms with Crippen LogP contribution < -0.4 is 10.1 Å². The summed E-state index contributed by atoms with van der Waals surface area (Å²) < 4.78 is 5.15. The fraction of sp³-hybridized carbons (Fsp3) is 0.154. The molecule has 0 aliphatic rings.